The Morgan fingerprint density at radius 1 is 1.21 bits per heavy atom. The van der Waals surface area contributed by atoms with Crippen molar-refractivity contribution in [2.45, 2.75) is 50.7 Å². The van der Waals surface area contributed by atoms with Crippen LogP contribution in [0.15, 0.2) is 23.0 Å². The van der Waals surface area contributed by atoms with Gasteiger partial charge >= 0.3 is 0 Å². The summed E-state index contributed by atoms with van der Waals surface area (Å²) in [4.78, 5) is 26.6. The number of nitrogens with zero attached hydrogens (tertiary/aromatic N) is 2. The van der Waals surface area contributed by atoms with Crippen molar-refractivity contribution < 1.29 is 13.2 Å². The van der Waals surface area contributed by atoms with Crippen molar-refractivity contribution in [3.05, 3.63) is 33.7 Å². The zero-order valence-electron chi connectivity index (χ0n) is 13.4. The highest BCUT2D eigenvalue weighted by Gasteiger charge is 2.39. The van der Waals surface area contributed by atoms with Crippen molar-refractivity contribution in [1.82, 2.24) is 9.47 Å². The standard InChI is InChI=1S/C16H21ClN2O4S/c17-14-6-3-7-15(20)18(14)10-16(21)19(12-4-1-2-5-12)13-8-9-24(22,23)11-13/h3,6-7,12-13H,1-2,4-5,8-11H2. The van der Waals surface area contributed by atoms with Crippen LogP contribution in [0, 0.1) is 0 Å². The Labute approximate surface area is 146 Å². The second-order valence-corrected chi connectivity index (χ2v) is 9.19. The molecular formula is C16H21ClN2O4S. The molecular weight excluding hydrogens is 352 g/mol. The molecule has 1 aromatic heterocycles. The van der Waals surface area contributed by atoms with Crippen molar-refractivity contribution >= 4 is 27.3 Å². The SMILES string of the molecule is O=C(Cn1c(Cl)cccc1=O)N(C1CCCC1)C1CCS(=O)(=O)C1. The van der Waals surface area contributed by atoms with Gasteiger partial charge in [0, 0.05) is 18.2 Å². The molecule has 1 saturated heterocycles. The highest BCUT2D eigenvalue weighted by atomic mass is 35.5. The number of pyridine rings is 1. The number of carbonyl (C=O) groups excluding carboxylic acids is 1. The van der Waals surface area contributed by atoms with Crippen LogP contribution in [0.5, 0.6) is 0 Å². The molecule has 0 aromatic carbocycles. The van der Waals surface area contributed by atoms with Gasteiger partial charge in [-0.1, -0.05) is 30.5 Å². The molecule has 1 saturated carbocycles. The first kappa shape index (κ1) is 17.5. The summed E-state index contributed by atoms with van der Waals surface area (Å²) in [7, 11) is -3.08. The van der Waals surface area contributed by atoms with E-state index in [9.17, 15) is 18.0 Å². The van der Waals surface area contributed by atoms with Gasteiger partial charge in [-0.15, -0.1) is 0 Å². The smallest absolute Gasteiger partial charge is 0.252 e. The van der Waals surface area contributed by atoms with Crippen LogP contribution in [0.25, 0.3) is 0 Å². The zero-order chi connectivity index (χ0) is 17.3. The number of sulfone groups is 1. The van der Waals surface area contributed by atoms with Gasteiger partial charge in [0.05, 0.1) is 11.5 Å². The average molecular weight is 373 g/mol. The van der Waals surface area contributed by atoms with Crippen LogP contribution in [-0.2, 0) is 21.2 Å². The number of hydrogen-bond donors (Lipinski definition) is 0. The van der Waals surface area contributed by atoms with E-state index in [4.69, 9.17) is 11.6 Å². The molecule has 1 aliphatic heterocycles. The topological polar surface area (TPSA) is 76.5 Å². The monoisotopic (exact) mass is 372 g/mol. The summed E-state index contributed by atoms with van der Waals surface area (Å²) in [5.41, 5.74) is -0.332. The van der Waals surface area contributed by atoms with Crippen LogP contribution in [0.4, 0.5) is 0 Å². The average Bonchev–Trinajstić information content (AvgIpc) is 3.14. The summed E-state index contributed by atoms with van der Waals surface area (Å²) < 4.78 is 24.9. The highest BCUT2D eigenvalue weighted by Crippen LogP contribution is 2.29. The van der Waals surface area contributed by atoms with Gasteiger partial charge in [0.2, 0.25) is 5.91 Å². The maximum Gasteiger partial charge on any atom is 0.252 e. The van der Waals surface area contributed by atoms with Crippen molar-refractivity contribution in [3.63, 3.8) is 0 Å². The molecule has 0 N–H and O–H groups in total. The zero-order valence-corrected chi connectivity index (χ0v) is 14.9. The lowest BCUT2D eigenvalue weighted by Crippen LogP contribution is -2.49. The fourth-order valence-electron chi connectivity index (χ4n) is 3.75. The second-order valence-electron chi connectivity index (χ2n) is 6.57. The molecule has 3 rings (SSSR count). The van der Waals surface area contributed by atoms with Crippen molar-refractivity contribution in [3.8, 4) is 0 Å². The van der Waals surface area contributed by atoms with Crippen LogP contribution in [-0.4, -0.2) is 47.4 Å². The molecule has 8 heteroatoms. The van der Waals surface area contributed by atoms with Gasteiger partial charge in [0.1, 0.15) is 11.7 Å². The predicted molar refractivity (Wildman–Crippen MR) is 91.9 cm³/mol. The van der Waals surface area contributed by atoms with Crippen molar-refractivity contribution in [2.24, 2.45) is 0 Å². The quantitative estimate of drug-likeness (QED) is 0.750. The lowest BCUT2D eigenvalue weighted by atomic mass is 10.1. The van der Waals surface area contributed by atoms with Crippen molar-refractivity contribution in [2.75, 3.05) is 11.5 Å². The summed E-state index contributed by atoms with van der Waals surface area (Å²) in [5.74, 6) is -0.0773. The lowest BCUT2D eigenvalue weighted by Gasteiger charge is -2.34. The maximum absolute atomic E-state index is 12.9. The third kappa shape index (κ3) is 3.67. The number of amides is 1. The number of hydrogen-bond acceptors (Lipinski definition) is 4. The van der Waals surface area contributed by atoms with Gasteiger partial charge in [-0.2, -0.15) is 0 Å². The van der Waals surface area contributed by atoms with Crippen LogP contribution in [0.1, 0.15) is 32.1 Å². The molecule has 1 unspecified atom stereocenters. The molecule has 2 fully saturated rings. The van der Waals surface area contributed by atoms with Crippen molar-refractivity contribution in [1.29, 1.82) is 0 Å². The van der Waals surface area contributed by atoms with E-state index in [-0.39, 0.29) is 46.8 Å². The number of halogens is 1. The number of carbonyl (C=O) groups is 1. The van der Waals surface area contributed by atoms with E-state index in [2.05, 4.69) is 0 Å². The van der Waals surface area contributed by atoms with E-state index in [0.717, 1.165) is 25.7 Å². The van der Waals surface area contributed by atoms with Crippen LogP contribution in [0.2, 0.25) is 5.15 Å². The normalized spacial score (nSPS) is 23.5. The van der Waals surface area contributed by atoms with Gasteiger partial charge in [-0.25, -0.2) is 8.42 Å². The largest absolute Gasteiger partial charge is 0.334 e. The van der Waals surface area contributed by atoms with Crippen LogP contribution in [0.3, 0.4) is 0 Å². The maximum atomic E-state index is 12.9. The predicted octanol–water partition coefficient (Wildman–Crippen LogP) is 1.46. The summed E-state index contributed by atoms with van der Waals surface area (Å²) in [5, 5.41) is 0.210. The fourth-order valence-corrected chi connectivity index (χ4v) is 5.68. The van der Waals surface area contributed by atoms with Crippen LogP contribution >= 0.6 is 11.6 Å². The van der Waals surface area contributed by atoms with E-state index >= 15 is 0 Å². The minimum atomic E-state index is -3.08. The van der Waals surface area contributed by atoms with Gasteiger partial charge in [-0.05, 0) is 25.3 Å². The molecule has 24 heavy (non-hydrogen) atoms. The first-order chi connectivity index (χ1) is 11.4. The van der Waals surface area contributed by atoms with E-state index in [1.165, 1.54) is 10.6 Å². The second kappa shape index (κ2) is 6.88. The summed E-state index contributed by atoms with van der Waals surface area (Å²) in [6.45, 7) is -0.147. The fraction of sp³-hybridized carbons (Fsp3) is 0.625. The Kier molecular flexibility index (Phi) is 5.01. The molecule has 1 amide bonds. The highest BCUT2D eigenvalue weighted by molar-refractivity contribution is 7.91. The van der Waals surface area contributed by atoms with E-state index in [1.54, 1.807) is 17.0 Å². The molecule has 2 aliphatic rings. The van der Waals surface area contributed by atoms with E-state index in [1.807, 2.05) is 0 Å². The Balaban J connectivity index is 1.85. The van der Waals surface area contributed by atoms with Gasteiger partial charge in [0.25, 0.3) is 5.56 Å². The Bertz CT molecular complexity index is 784. The molecule has 0 bridgehead atoms. The molecule has 132 valence electrons. The Hall–Kier alpha value is -1.34. The summed E-state index contributed by atoms with van der Waals surface area (Å²) in [6, 6.07) is 4.25. The minimum Gasteiger partial charge on any atom is -0.334 e. The molecule has 0 spiro atoms. The Morgan fingerprint density at radius 2 is 1.92 bits per heavy atom. The van der Waals surface area contributed by atoms with Crippen LogP contribution < -0.4 is 5.56 Å². The first-order valence-electron chi connectivity index (χ1n) is 8.24. The van der Waals surface area contributed by atoms with Gasteiger partial charge < -0.3 is 4.90 Å². The molecule has 1 aliphatic carbocycles. The van der Waals surface area contributed by atoms with E-state index < -0.39 is 9.84 Å². The van der Waals surface area contributed by atoms with Gasteiger partial charge in [-0.3, -0.25) is 14.2 Å². The third-order valence-electron chi connectivity index (χ3n) is 4.90. The Morgan fingerprint density at radius 3 is 2.50 bits per heavy atom. The molecule has 1 aromatic rings. The lowest BCUT2D eigenvalue weighted by molar-refractivity contribution is -0.136. The first-order valence-corrected chi connectivity index (χ1v) is 10.4. The number of aromatic nitrogens is 1. The molecule has 1 atom stereocenters. The molecule has 2 heterocycles. The summed E-state index contributed by atoms with van der Waals surface area (Å²) >= 11 is 6.04. The molecule has 6 nitrogen and oxygen atoms in total. The number of rotatable bonds is 4. The third-order valence-corrected chi connectivity index (χ3v) is 6.98. The molecule has 0 radical (unpaired) electrons. The minimum absolute atomic E-state index is 0.0205. The summed E-state index contributed by atoms with van der Waals surface area (Å²) in [6.07, 6.45) is 4.33. The van der Waals surface area contributed by atoms with Gasteiger partial charge in [0.15, 0.2) is 9.84 Å². The van der Waals surface area contributed by atoms with E-state index in [0.29, 0.717) is 6.42 Å².